The van der Waals surface area contributed by atoms with Crippen LogP contribution in [0.3, 0.4) is 0 Å². The van der Waals surface area contributed by atoms with Crippen LogP contribution in [-0.4, -0.2) is 44.8 Å². The molecule has 1 atom stereocenters. The first-order valence-electron chi connectivity index (χ1n) is 11.3. The number of aromatic amines is 1. The number of H-pyrrole nitrogens is 1. The summed E-state index contributed by atoms with van der Waals surface area (Å²) in [5.41, 5.74) is 1.47. The van der Waals surface area contributed by atoms with E-state index in [1.807, 2.05) is 17.5 Å². The molecule has 2 aromatic heterocycles. The van der Waals surface area contributed by atoms with Gasteiger partial charge < -0.3 is 9.88 Å². The van der Waals surface area contributed by atoms with E-state index in [1.54, 1.807) is 4.90 Å². The number of hydrogen-bond acceptors (Lipinski definition) is 5. The minimum Gasteiger partial charge on any atom is -0.333 e. The Hall–Kier alpha value is -1.99. The number of carbonyl (C=O) groups excluding carboxylic acids is 1. The van der Waals surface area contributed by atoms with Gasteiger partial charge in [0, 0.05) is 19.0 Å². The maximum atomic E-state index is 13.0. The quantitative estimate of drug-likeness (QED) is 0.812. The monoisotopic (exact) mass is 426 g/mol. The summed E-state index contributed by atoms with van der Waals surface area (Å²) in [7, 11) is 0. The van der Waals surface area contributed by atoms with Crippen molar-refractivity contribution in [1.29, 1.82) is 0 Å². The molecule has 6 nitrogen and oxygen atoms in total. The molecular formula is C23H30N4O2S. The third-order valence-electron chi connectivity index (χ3n) is 7.17. The molecule has 160 valence electrons. The highest BCUT2D eigenvalue weighted by atomic mass is 32.1. The van der Waals surface area contributed by atoms with Crippen molar-refractivity contribution in [2.45, 2.75) is 70.5 Å². The Morgan fingerprint density at radius 3 is 2.80 bits per heavy atom. The molecule has 1 unspecified atom stereocenters. The third-order valence-corrected chi connectivity index (χ3v) is 8.03. The highest BCUT2D eigenvalue weighted by molar-refractivity contribution is 7.12. The average molecular weight is 427 g/mol. The van der Waals surface area contributed by atoms with Crippen LogP contribution in [0.1, 0.15) is 78.2 Å². The lowest BCUT2D eigenvalue weighted by molar-refractivity contribution is 0.0737. The Morgan fingerprint density at radius 1 is 1.20 bits per heavy atom. The standard InChI is InChI=1S/C23H30N4O2S/c1-15-6-8-16(9-7-15)27-11-2-4-19(27)21-24-18-10-12-26(14-17(18)22(28)25-21)23(29)20-5-3-13-30-20/h3,5,13,15-16,19H,2,4,6-12,14H2,1H3,(H,24,25,28). The fraction of sp³-hybridized carbons (Fsp3) is 0.609. The van der Waals surface area contributed by atoms with Crippen LogP contribution in [0.25, 0.3) is 0 Å². The average Bonchev–Trinajstić information content (AvgIpc) is 3.46. The Balaban J connectivity index is 1.36. The van der Waals surface area contributed by atoms with Gasteiger partial charge in [-0.15, -0.1) is 11.3 Å². The summed E-state index contributed by atoms with van der Waals surface area (Å²) in [5.74, 6) is 1.68. The van der Waals surface area contributed by atoms with Gasteiger partial charge in [-0.2, -0.15) is 0 Å². The van der Waals surface area contributed by atoms with Crippen molar-refractivity contribution in [3.05, 3.63) is 49.8 Å². The Labute approximate surface area is 181 Å². The first-order valence-corrected chi connectivity index (χ1v) is 12.2. The molecule has 0 radical (unpaired) electrons. The number of rotatable bonds is 3. The first kappa shape index (κ1) is 19.9. The van der Waals surface area contributed by atoms with Gasteiger partial charge in [0.15, 0.2) is 0 Å². The topological polar surface area (TPSA) is 69.3 Å². The molecule has 0 aromatic carbocycles. The highest BCUT2D eigenvalue weighted by Gasteiger charge is 2.36. The van der Waals surface area contributed by atoms with Crippen molar-refractivity contribution in [1.82, 2.24) is 19.8 Å². The number of amides is 1. The molecule has 2 aliphatic heterocycles. The molecule has 7 heteroatoms. The third kappa shape index (κ3) is 3.73. The van der Waals surface area contributed by atoms with Gasteiger partial charge >= 0.3 is 0 Å². The number of nitrogens with zero attached hydrogens (tertiary/aromatic N) is 3. The van der Waals surface area contributed by atoms with Crippen molar-refractivity contribution >= 4 is 17.2 Å². The lowest BCUT2D eigenvalue weighted by Crippen LogP contribution is -2.41. The molecule has 30 heavy (non-hydrogen) atoms. The van der Waals surface area contributed by atoms with Crippen LogP contribution in [0.5, 0.6) is 0 Å². The summed E-state index contributed by atoms with van der Waals surface area (Å²) in [6.45, 7) is 4.43. The van der Waals surface area contributed by atoms with Crippen molar-refractivity contribution in [3.63, 3.8) is 0 Å². The Kier molecular flexibility index (Phi) is 5.50. The fourth-order valence-electron chi connectivity index (χ4n) is 5.43. The lowest BCUT2D eigenvalue weighted by atomic mass is 9.86. The number of carbonyl (C=O) groups is 1. The number of hydrogen-bond donors (Lipinski definition) is 1. The summed E-state index contributed by atoms with van der Waals surface area (Å²) < 4.78 is 0. The van der Waals surface area contributed by atoms with Crippen LogP contribution in [0.2, 0.25) is 0 Å². The molecule has 0 spiro atoms. The maximum Gasteiger partial charge on any atom is 0.264 e. The van der Waals surface area contributed by atoms with Crippen LogP contribution in [0.4, 0.5) is 0 Å². The molecule has 3 aliphatic rings. The minimum absolute atomic E-state index is 0.00706. The largest absolute Gasteiger partial charge is 0.333 e. The molecule has 0 bridgehead atoms. The first-order chi connectivity index (χ1) is 14.6. The Bertz CT molecular complexity index is 962. The van der Waals surface area contributed by atoms with Crippen molar-refractivity contribution in [2.24, 2.45) is 5.92 Å². The minimum atomic E-state index is -0.0669. The second-order valence-corrected chi connectivity index (χ2v) is 10.1. The molecule has 1 aliphatic carbocycles. The molecule has 5 rings (SSSR count). The zero-order valence-corrected chi connectivity index (χ0v) is 18.4. The van der Waals surface area contributed by atoms with E-state index >= 15 is 0 Å². The van der Waals surface area contributed by atoms with Crippen LogP contribution in [0, 0.1) is 5.92 Å². The van der Waals surface area contributed by atoms with E-state index in [4.69, 9.17) is 4.98 Å². The van der Waals surface area contributed by atoms with E-state index < -0.39 is 0 Å². The molecule has 4 heterocycles. The predicted octanol–water partition coefficient (Wildman–Crippen LogP) is 3.75. The van der Waals surface area contributed by atoms with E-state index in [1.165, 1.54) is 43.4 Å². The van der Waals surface area contributed by atoms with Gasteiger partial charge in [0.2, 0.25) is 0 Å². The second-order valence-electron chi connectivity index (χ2n) is 9.14. The Morgan fingerprint density at radius 2 is 2.03 bits per heavy atom. The van der Waals surface area contributed by atoms with Crippen molar-refractivity contribution in [2.75, 3.05) is 13.1 Å². The molecule has 1 amide bonds. The second kappa shape index (κ2) is 8.27. The summed E-state index contributed by atoms with van der Waals surface area (Å²) in [6, 6.07) is 4.58. The molecule has 2 aromatic rings. The summed E-state index contributed by atoms with van der Waals surface area (Å²) in [4.78, 5) is 38.8. The number of aromatic nitrogens is 2. The maximum absolute atomic E-state index is 13.0. The summed E-state index contributed by atoms with van der Waals surface area (Å²) >= 11 is 1.44. The van der Waals surface area contributed by atoms with E-state index in [0.29, 0.717) is 31.1 Å². The number of fused-ring (bicyclic) bond motifs is 1. The van der Waals surface area contributed by atoms with Crippen molar-refractivity contribution < 1.29 is 4.79 Å². The van der Waals surface area contributed by atoms with Crippen LogP contribution in [0.15, 0.2) is 22.3 Å². The van der Waals surface area contributed by atoms with E-state index in [0.717, 1.165) is 35.3 Å². The highest BCUT2D eigenvalue weighted by Crippen LogP contribution is 2.37. The fourth-order valence-corrected chi connectivity index (χ4v) is 6.12. The van der Waals surface area contributed by atoms with E-state index in [9.17, 15) is 9.59 Å². The lowest BCUT2D eigenvalue weighted by Gasteiger charge is -2.37. The van der Waals surface area contributed by atoms with Crippen LogP contribution in [-0.2, 0) is 13.0 Å². The van der Waals surface area contributed by atoms with Crippen molar-refractivity contribution in [3.8, 4) is 0 Å². The molecular weight excluding hydrogens is 396 g/mol. The van der Waals surface area contributed by atoms with Gasteiger partial charge in [-0.3, -0.25) is 14.5 Å². The zero-order chi connectivity index (χ0) is 20.7. The van der Waals surface area contributed by atoms with E-state index in [-0.39, 0.29) is 17.5 Å². The van der Waals surface area contributed by atoms with Gasteiger partial charge in [0.05, 0.1) is 28.7 Å². The van der Waals surface area contributed by atoms with Crippen LogP contribution >= 0.6 is 11.3 Å². The number of likely N-dealkylation sites (tertiary alicyclic amines) is 1. The predicted molar refractivity (Wildman–Crippen MR) is 118 cm³/mol. The zero-order valence-electron chi connectivity index (χ0n) is 17.6. The van der Waals surface area contributed by atoms with Crippen LogP contribution < -0.4 is 5.56 Å². The SMILES string of the molecule is CC1CCC(N2CCCC2c2nc3c(c(=O)[nH]2)CN(C(=O)c2cccs2)CC3)CC1. The molecule has 1 saturated heterocycles. The molecule has 1 N–H and O–H groups in total. The van der Waals surface area contributed by atoms with Gasteiger partial charge in [0.25, 0.3) is 11.5 Å². The van der Waals surface area contributed by atoms with Gasteiger partial charge in [-0.25, -0.2) is 4.98 Å². The normalized spacial score (nSPS) is 27.2. The van der Waals surface area contributed by atoms with E-state index in [2.05, 4.69) is 16.8 Å². The number of thiophene rings is 1. The number of nitrogens with one attached hydrogen (secondary N) is 1. The van der Waals surface area contributed by atoms with Gasteiger partial charge in [0.1, 0.15) is 5.82 Å². The van der Waals surface area contributed by atoms with Gasteiger partial charge in [-0.05, 0) is 62.4 Å². The smallest absolute Gasteiger partial charge is 0.264 e. The van der Waals surface area contributed by atoms with Gasteiger partial charge in [-0.1, -0.05) is 13.0 Å². The summed E-state index contributed by atoms with van der Waals surface area (Å²) in [5, 5.41) is 1.91. The molecule has 2 fully saturated rings. The molecule has 1 saturated carbocycles. The summed E-state index contributed by atoms with van der Waals surface area (Å²) in [6.07, 6.45) is 8.00.